The van der Waals surface area contributed by atoms with Crippen molar-refractivity contribution in [3.8, 4) is 5.75 Å². The van der Waals surface area contributed by atoms with Crippen LogP contribution in [-0.2, 0) is 0 Å². The van der Waals surface area contributed by atoms with Gasteiger partial charge < -0.3 is 10.4 Å². The van der Waals surface area contributed by atoms with Crippen LogP contribution in [0.3, 0.4) is 0 Å². The lowest BCUT2D eigenvalue weighted by atomic mass is 10.0. The molecule has 1 aromatic rings. The Hall–Kier alpha value is -2.11. The molecule has 6 nitrogen and oxygen atoms in total. The summed E-state index contributed by atoms with van der Waals surface area (Å²) in [5.41, 5.74) is -0.501. The highest BCUT2D eigenvalue weighted by Crippen LogP contribution is 2.29. The molecule has 0 saturated heterocycles. The smallest absolute Gasteiger partial charge is 0.311 e. The summed E-state index contributed by atoms with van der Waals surface area (Å²) in [6.07, 6.45) is 7.16. The molecule has 0 bridgehead atoms. The van der Waals surface area contributed by atoms with Crippen molar-refractivity contribution in [1.82, 2.24) is 5.32 Å². The lowest BCUT2D eigenvalue weighted by Crippen LogP contribution is -2.25. The van der Waals surface area contributed by atoms with E-state index in [1.807, 2.05) is 0 Å². The number of hydrogen-bond donors (Lipinski definition) is 2. The van der Waals surface area contributed by atoms with Crippen LogP contribution in [0.2, 0.25) is 0 Å². The predicted molar refractivity (Wildman–Crippen MR) is 78.3 cm³/mol. The Morgan fingerprint density at radius 1 is 1.38 bits per heavy atom. The molecule has 0 atom stereocenters. The van der Waals surface area contributed by atoms with Crippen LogP contribution >= 0.6 is 0 Å². The molecule has 1 aromatic carbocycles. The summed E-state index contributed by atoms with van der Waals surface area (Å²) in [5.74, 6) is -0.272. The van der Waals surface area contributed by atoms with Gasteiger partial charge in [-0.1, -0.05) is 31.7 Å². The van der Waals surface area contributed by atoms with Crippen LogP contribution in [0.1, 0.15) is 48.9 Å². The van der Waals surface area contributed by atoms with Gasteiger partial charge in [0.15, 0.2) is 0 Å². The highest BCUT2D eigenvalue weighted by Gasteiger charge is 2.20. The van der Waals surface area contributed by atoms with Gasteiger partial charge in [0.25, 0.3) is 5.91 Å². The first-order valence-corrected chi connectivity index (χ1v) is 7.34. The van der Waals surface area contributed by atoms with Gasteiger partial charge in [0.1, 0.15) is 0 Å². The van der Waals surface area contributed by atoms with Crippen LogP contribution in [0.25, 0.3) is 0 Å². The summed E-state index contributed by atoms with van der Waals surface area (Å²) in [7, 11) is 0. The number of phenolic OH excluding ortho intramolecular Hbond substituents is 1. The zero-order valence-corrected chi connectivity index (χ0v) is 11.9. The molecule has 1 amide bonds. The van der Waals surface area contributed by atoms with Crippen molar-refractivity contribution in [2.45, 2.75) is 38.5 Å². The predicted octanol–water partition coefficient (Wildman–Crippen LogP) is 3.00. The number of para-hydroxylation sites is 1. The van der Waals surface area contributed by atoms with E-state index in [0.717, 1.165) is 18.8 Å². The van der Waals surface area contributed by atoms with E-state index in [1.54, 1.807) is 0 Å². The third-order valence-corrected chi connectivity index (χ3v) is 4.01. The summed E-state index contributed by atoms with van der Waals surface area (Å²) >= 11 is 0. The fourth-order valence-corrected chi connectivity index (χ4v) is 2.85. The van der Waals surface area contributed by atoms with Crippen LogP contribution in [-0.4, -0.2) is 22.5 Å². The standard InChI is InChI=1S/C15H20N2O4/c18-14-12(8-3-9-13(14)17(20)21)15(19)16-10-4-7-11-5-1-2-6-11/h3,8-9,11,18H,1-2,4-7,10H2,(H,16,19). The van der Waals surface area contributed by atoms with Crippen molar-refractivity contribution < 1.29 is 14.8 Å². The van der Waals surface area contributed by atoms with E-state index < -0.39 is 22.3 Å². The fraction of sp³-hybridized carbons (Fsp3) is 0.533. The zero-order valence-electron chi connectivity index (χ0n) is 11.9. The minimum atomic E-state index is -0.702. The van der Waals surface area contributed by atoms with E-state index in [0.29, 0.717) is 6.54 Å². The van der Waals surface area contributed by atoms with Gasteiger partial charge in [-0.05, 0) is 24.8 Å². The maximum Gasteiger partial charge on any atom is 0.311 e. The molecule has 0 aromatic heterocycles. The first kappa shape index (κ1) is 15.3. The molecule has 1 fully saturated rings. The number of rotatable bonds is 6. The second kappa shape index (κ2) is 7.06. The number of nitrogens with zero attached hydrogens (tertiary/aromatic N) is 1. The maximum atomic E-state index is 11.9. The molecule has 1 aliphatic carbocycles. The van der Waals surface area contributed by atoms with Crippen molar-refractivity contribution in [3.05, 3.63) is 33.9 Å². The van der Waals surface area contributed by atoms with Crippen molar-refractivity contribution in [1.29, 1.82) is 0 Å². The second-order valence-electron chi connectivity index (χ2n) is 5.48. The summed E-state index contributed by atoms with van der Waals surface area (Å²) in [6, 6.07) is 3.95. The van der Waals surface area contributed by atoms with Gasteiger partial charge in [-0.2, -0.15) is 0 Å². The molecule has 2 rings (SSSR count). The number of nitro groups is 1. The molecular weight excluding hydrogens is 272 g/mol. The van der Waals surface area contributed by atoms with Crippen molar-refractivity contribution in [2.24, 2.45) is 5.92 Å². The first-order valence-electron chi connectivity index (χ1n) is 7.34. The van der Waals surface area contributed by atoms with Gasteiger partial charge in [-0.15, -0.1) is 0 Å². The van der Waals surface area contributed by atoms with Crippen molar-refractivity contribution in [3.63, 3.8) is 0 Å². The van der Waals surface area contributed by atoms with Crippen LogP contribution in [0.5, 0.6) is 5.75 Å². The summed E-state index contributed by atoms with van der Waals surface area (Å²) in [6.45, 7) is 0.525. The maximum absolute atomic E-state index is 11.9. The number of nitro benzene ring substituents is 1. The van der Waals surface area contributed by atoms with E-state index >= 15 is 0 Å². The van der Waals surface area contributed by atoms with Gasteiger partial charge in [0.05, 0.1) is 10.5 Å². The molecule has 0 aliphatic heterocycles. The molecule has 1 saturated carbocycles. The average molecular weight is 292 g/mol. The van der Waals surface area contributed by atoms with Crippen LogP contribution < -0.4 is 5.32 Å². The van der Waals surface area contributed by atoms with Crippen molar-refractivity contribution in [2.75, 3.05) is 6.54 Å². The largest absolute Gasteiger partial charge is 0.502 e. The van der Waals surface area contributed by atoms with Crippen LogP contribution in [0.15, 0.2) is 18.2 Å². The summed E-state index contributed by atoms with van der Waals surface area (Å²) in [4.78, 5) is 22.0. The highest BCUT2D eigenvalue weighted by atomic mass is 16.6. The molecule has 6 heteroatoms. The number of hydrogen-bond acceptors (Lipinski definition) is 4. The molecule has 0 spiro atoms. The van der Waals surface area contributed by atoms with E-state index in [4.69, 9.17) is 0 Å². The lowest BCUT2D eigenvalue weighted by molar-refractivity contribution is -0.385. The summed E-state index contributed by atoms with van der Waals surface area (Å²) in [5, 5.41) is 23.2. The SMILES string of the molecule is O=C(NCCCC1CCCC1)c1cccc([N+](=O)[O-])c1O. The van der Waals surface area contributed by atoms with Gasteiger partial charge in [0, 0.05) is 12.6 Å². The number of amides is 1. The Balaban J connectivity index is 1.85. The van der Waals surface area contributed by atoms with Crippen LogP contribution in [0, 0.1) is 16.0 Å². The third kappa shape index (κ3) is 3.93. The van der Waals surface area contributed by atoms with E-state index in [-0.39, 0.29) is 5.56 Å². The van der Waals surface area contributed by atoms with Crippen LogP contribution in [0.4, 0.5) is 5.69 Å². The third-order valence-electron chi connectivity index (χ3n) is 4.01. The molecule has 21 heavy (non-hydrogen) atoms. The van der Waals surface area contributed by atoms with Gasteiger partial charge >= 0.3 is 5.69 Å². The molecule has 114 valence electrons. The Bertz CT molecular complexity index is 524. The molecular formula is C15H20N2O4. The first-order chi connectivity index (χ1) is 10.1. The fourth-order valence-electron chi connectivity index (χ4n) is 2.85. The quantitative estimate of drug-likeness (QED) is 0.479. The Morgan fingerprint density at radius 3 is 2.76 bits per heavy atom. The monoisotopic (exact) mass is 292 g/mol. The minimum absolute atomic E-state index is 0.0509. The number of carbonyl (C=O) groups excluding carboxylic acids is 1. The number of carbonyl (C=O) groups is 1. The van der Waals surface area contributed by atoms with Gasteiger partial charge in [-0.25, -0.2) is 0 Å². The molecule has 0 radical (unpaired) electrons. The number of phenols is 1. The summed E-state index contributed by atoms with van der Waals surface area (Å²) < 4.78 is 0. The van der Waals surface area contributed by atoms with E-state index in [2.05, 4.69) is 5.32 Å². The van der Waals surface area contributed by atoms with Crippen molar-refractivity contribution >= 4 is 11.6 Å². The Morgan fingerprint density at radius 2 is 2.10 bits per heavy atom. The lowest BCUT2D eigenvalue weighted by Gasteiger charge is -2.10. The number of benzene rings is 1. The molecule has 2 N–H and O–H groups in total. The number of aromatic hydroxyl groups is 1. The van der Waals surface area contributed by atoms with Gasteiger partial charge in [0.2, 0.25) is 5.75 Å². The second-order valence-corrected chi connectivity index (χ2v) is 5.48. The van der Waals surface area contributed by atoms with Gasteiger partial charge in [-0.3, -0.25) is 14.9 Å². The molecule has 0 heterocycles. The molecule has 0 unspecified atom stereocenters. The highest BCUT2D eigenvalue weighted by molar-refractivity contribution is 5.98. The molecule has 1 aliphatic rings. The normalized spacial score (nSPS) is 15.0. The Labute approximate surface area is 123 Å². The Kier molecular flexibility index (Phi) is 5.14. The minimum Gasteiger partial charge on any atom is -0.502 e. The average Bonchev–Trinajstić information content (AvgIpc) is 2.96. The van der Waals surface area contributed by atoms with E-state index in [9.17, 15) is 20.0 Å². The topological polar surface area (TPSA) is 92.5 Å². The number of nitrogens with one attached hydrogen (secondary N) is 1. The van der Waals surface area contributed by atoms with E-state index in [1.165, 1.54) is 43.9 Å². The zero-order chi connectivity index (χ0) is 15.2.